The molecule has 1 N–H and O–H groups in total. The van der Waals surface area contributed by atoms with Gasteiger partial charge in [0.05, 0.1) is 12.6 Å². The molecule has 5 nitrogen and oxygen atoms in total. The first-order chi connectivity index (χ1) is 10.7. The van der Waals surface area contributed by atoms with Crippen molar-refractivity contribution in [2.75, 3.05) is 6.54 Å². The topological polar surface area (TPSA) is 57.1 Å². The number of benzene rings is 1. The monoisotopic (exact) mass is 296 g/mol. The second-order valence-electron chi connectivity index (χ2n) is 5.57. The maximum atomic E-state index is 12.6. The van der Waals surface area contributed by atoms with E-state index in [-0.39, 0.29) is 18.1 Å². The van der Waals surface area contributed by atoms with Crippen LogP contribution in [0.2, 0.25) is 0 Å². The number of rotatable bonds is 4. The Bertz CT molecular complexity index is 648. The normalized spacial score (nSPS) is 21.0. The highest BCUT2D eigenvalue weighted by molar-refractivity contribution is 6.41. The standard InChI is InChI=1S/C17H20N4O/c1-3-14(13-7-5-4-6-8-13)20-17(22)15-16-19-12(2)11-21(16)10-9-18-15/h4-10,14,16H,3,11H2,1-2H3,(H,20,22). The molecule has 0 spiro atoms. The van der Waals surface area contributed by atoms with Crippen LogP contribution in [-0.2, 0) is 4.79 Å². The Kier molecular flexibility index (Phi) is 4.04. The van der Waals surface area contributed by atoms with Crippen LogP contribution in [0, 0.1) is 0 Å². The Hall–Kier alpha value is -2.43. The van der Waals surface area contributed by atoms with Gasteiger partial charge in [0, 0.05) is 18.1 Å². The second kappa shape index (κ2) is 6.13. The van der Waals surface area contributed by atoms with Gasteiger partial charge in [0.2, 0.25) is 0 Å². The van der Waals surface area contributed by atoms with E-state index in [1.54, 1.807) is 6.20 Å². The van der Waals surface area contributed by atoms with E-state index >= 15 is 0 Å². The molecule has 2 atom stereocenters. The van der Waals surface area contributed by atoms with Gasteiger partial charge in [0.25, 0.3) is 5.91 Å². The Morgan fingerprint density at radius 1 is 1.41 bits per heavy atom. The minimum Gasteiger partial charge on any atom is -0.344 e. The minimum absolute atomic E-state index is 0.0118. The summed E-state index contributed by atoms with van der Waals surface area (Å²) in [5, 5.41) is 3.08. The van der Waals surface area contributed by atoms with E-state index < -0.39 is 0 Å². The maximum absolute atomic E-state index is 12.6. The summed E-state index contributed by atoms with van der Waals surface area (Å²) in [6.45, 7) is 4.79. The fraction of sp³-hybridized carbons (Fsp3) is 0.353. The summed E-state index contributed by atoms with van der Waals surface area (Å²) < 4.78 is 0. The highest BCUT2D eigenvalue weighted by atomic mass is 16.2. The fourth-order valence-electron chi connectivity index (χ4n) is 2.81. The van der Waals surface area contributed by atoms with Crippen LogP contribution >= 0.6 is 0 Å². The molecule has 0 radical (unpaired) electrons. The highest BCUT2D eigenvalue weighted by Gasteiger charge is 2.33. The zero-order chi connectivity index (χ0) is 15.5. The summed E-state index contributed by atoms with van der Waals surface area (Å²) in [6, 6.07) is 9.99. The molecule has 114 valence electrons. The third-order valence-electron chi connectivity index (χ3n) is 3.93. The van der Waals surface area contributed by atoms with Crippen LogP contribution in [0.5, 0.6) is 0 Å². The number of hydrogen-bond acceptors (Lipinski definition) is 4. The van der Waals surface area contributed by atoms with Crippen molar-refractivity contribution < 1.29 is 4.79 Å². The van der Waals surface area contributed by atoms with Crippen molar-refractivity contribution in [1.82, 2.24) is 10.2 Å². The van der Waals surface area contributed by atoms with Crippen molar-refractivity contribution in [2.24, 2.45) is 9.98 Å². The first kappa shape index (κ1) is 14.5. The number of aliphatic imine (C=N–C) groups is 2. The molecule has 5 heteroatoms. The van der Waals surface area contributed by atoms with E-state index in [9.17, 15) is 4.79 Å². The molecule has 0 aliphatic carbocycles. The van der Waals surface area contributed by atoms with E-state index in [1.165, 1.54) is 0 Å². The lowest BCUT2D eigenvalue weighted by Gasteiger charge is -2.26. The van der Waals surface area contributed by atoms with Crippen LogP contribution in [0.1, 0.15) is 31.9 Å². The lowest BCUT2D eigenvalue weighted by Crippen LogP contribution is -2.45. The fourth-order valence-corrected chi connectivity index (χ4v) is 2.81. The average molecular weight is 296 g/mol. The predicted molar refractivity (Wildman–Crippen MR) is 87.8 cm³/mol. The Morgan fingerprint density at radius 2 is 2.18 bits per heavy atom. The number of carbonyl (C=O) groups is 1. The van der Waals surface area contributed by atoms with E-state index in [2.05, 4.69) is 22.2 Å². The molecule has 1 amide bonds. The highest BCUT2D eigenvalue weighted by Crippen LogP contribution is 2.19. The molecule has 1 aromatic carbocycles. The van der Waals surface area contributed by atoms with Gasteiger partial charge in [-0.2, -0.15) is 0 Å². The minimum atomic E-state index is -0.279. The van der Waals surface area contributed by atoms with Gasteiger partial charge in [-0.3, -0.25) is 9.79 Å². The van der Waals surface area contributed by atoms with Gasteiger partial charge in [-0.05, 0) is 18.9 Å². The molecule has 0 saturated carbocycles. The average Bonchev–Trinajstić information content (AvgIpc) is 2.93. The third kappa shape index (κ3) is 2.79. The molecule has 0 bridgehead atoms. The summed E-state index contributed by atoms with van der Waals surface area (Å²) in [4.78, 5) is 23.4. The second-order valence-corrected chi connectivity index (χ2v) is 5.57. The SMILES string of the molecule is CCC(NC(=O)C1=NC=CN2CC(C)=NC12)c1ccccc1. The molecule has 0 aromatic heterocycles. The molecule has 0 fully saturated rings. The van der Waals surface area contributed by atoms with Gasteiger partial charge in [-0.1, -0.05) is 37.3 Å². The molecule has 22 heavy (non-hydrogen) atoms. The van der Waals surface area contributed by atoms with Crippen LogP contribution < -0.4 is 5.32 Å². The quantitative estimate of drug-likeness (QED) is 0.926. The number of nitrogens with zero attached hydrogens (tertiary/aromatic N) is 3. The first-order valence-corrected chi connectivity index (χ1v) is 7.58. The summed E-state index contributed by atoms with van der Waals surface area (Å²) >= 11 is 0. The van der Waals surface area contributed by atoms with E-state index in [4.69, 9.17) is 0 Å². The summed E-state index contributed by atoms with van der Waals surface area (Å²) in [5.41, 5.74) is 2.59. The van der Waals surface area contributed by atoms with Crippen molar-refractivity contribution in [1.29, 1.82) is 0 Å². The van der Waals surface area contributed by atoms with Crippen molar-refractivity contribution in [3.05, 3.63) is 48.3 Å². The molecule has 3 rings (SSSR count). The van der Waals surface area contributed by atoms with Gasteiger partial charge in [0.15, 0.2) is 6.17 Å². The first-order valence-electron chi connectivity index (χ1n) is 7.58. The molecular formula is C17H20N4O. The maximum Gasteiger partial charge on any atom is 0.270 e. The number of amides is 1. The number of fused-ring (bicyclic) bond motifs is 1. The van der Waals surface area contributed by atoms with Crippen molar-refractivity contribution in [2.45, 2.75) is 32.5 Å². The molecular weight excluding hydrogens is 276 g/mol. The smallest absolute Gasteiger partial charge is 0.270 e. The lowest BCUT2D eigenvalue weighted by molar-refractivity contribution is -0.115. The number of nitrogens with one attached hydrogen (secondary N) is 1. The summed E-state index contributed by atoms with van der Waals surface area (Å²) in [5.74, 6) is -0.145. The summed E-state index contributed by atoms with van der Waals surface area (Å²) in [6.07, 6.45) is 4.10. The number of hydrogen-bond donors (Lipinski definition) is 1. The molecule has 2 unspecified atom stereocenters. The van der Waals surface area contributed by atoms with Crippen molar-refractivity contribution in [3.63, 3.8) is 0 Å². The molecule has 1 aromatic rings. The van der Waals surface area contributed by atoms with Crippen LogP contribution in [-0.4, -0.2) is 34.9 Å². The van der Waals surface area contributed by atoms with Crippen molar-refractivity contribution >= 4 is 17.3 Å². The molecule has 2 heterocycles. The lowest BCUT2D eigenvalue weighted by atomic mass is 10.0. The third-order valence-corrected chi connectivity index (χ3v) is 3.93. The zero-order valence-corrected chi connectivity index (χ0v) is 12.9. The molecule has 0 saturated heterocycles. The Morgan fingerprint density at radius 3 is 2.91 bits per heavy atom. The Labute approximate surface area is 130 Å². The van der Waals surface area contributed by atoms with Gasteiger partial charge < -0.3 is 10.2 Å². The zero-order valence-electron chi connectivity index (χ0n) is 12.9. The predicted octanol–water partition coefficient (Wildman–Crippen LogP) is 2.28. The van der Waals surface area contributed by atoms with Gasteiger partial charge in [-0.15, -0.1) is 0 Å². The van der Waals surface area contributed by atoms with Crippen LogP contribution in [0.3, 0.4) is 0 Å². The Balaban J connectivity index is 1.76. The van der Waals surface area contributed by atoms with Gasteiger partial charge in [0.1, 0.15) is 5.71 Å². The largest absolute Gasteiger partial charge is 0.344 e. The summed E-state index contributed by atoms with van der Waals surface area (Å²) in [7, 11) is 0. The van der Waals surface area contributed by atoms with E-state index in [0.29, 0.717) is 5.71 Å². The van der Waals surface area contributed by atoms with Gasteiger partial charge in [-0.25, -0.2) is 4.99 Å². The van der Waals surface area contributed by atoms with Crippen LogP contribution in [0.25, 0.3) is 0 Å². The van der Waals surface area contributed by atoms with Crippen molar-refractivity contribution in [3.8, 4) is 0 Å². The van der Waals surface area contributed by atoms with E-state index in [1.807, 2.05) is 48.4 Å². The molecule has 2 aliphatic rings. The van der Waals surface area contributed by atoms with Crippen LogP contribution in [0.15, 0.2) is 52.7 Å². The molecule has 2 aliphatic heterocycles. The van der Waals surface area contributed by atoms with E-state index in [0.717, 1.165) is 24.2 Å². The van der Waals surface area contributed by atoms with Gasteiger partial charge >= 0.3 is 0 Å². The van der Waals surface area contributed by atoms with Crippen LogP contribution in [0.4, 0.5) is 0 Å². The number of carbonyl (C=O) groups excluding carboxylic acids is 1.